The van der Waals surface area contributed by atoms with Gasteiger partial charge >= 0.3 is 6.61 Å². The van der Waals surface area contributed by atoms with Crippen molar-refractivity contribution in [3.05, 3.63) is 24.3 Å². The Morgan fingerprint density at radius 1 is 1.15 bits per heavy atom. The minimum atomic E-state index is -2.89. The van der Waals surface area contributed by atoms with Gasteiger partial charge in [-0.3, -0.25) is 4.79 Å². The average molecular weight is 378 g/mol. The molecule has 2 N–H and O–H groups in total. The molecule has 0 heterocycles. The van der Waals surface area contributed by atoms with E-state index < -0.39 is 6.61 Å². The third-order valence-electron chi connectivity index (χ3n) is 6.92. The number of rotatable bonds is 7. The molecular formula is C21H28F2N2O2. The van der Waals surface area contributed by atoms with E-state index in [1.165, 1.54) is 44.6 Å². The Hall–Kier alpha value is -1.85. The molecule has 4 saturated carbocycles. The standard InChI is InChI=1S/C21H28F2N2O2/c1-13(21-9-14-6-15(10-21)8-16(7-14)11-21)25-19(26)12-24-17-4-2-3-5-18(17)27-20(22)23/h2-5,13-16,20,24H,6-12H2,1H3,(H,25,26)/t13-,14?,15?,16?,21?/m1/s1. The minimum Gasteiger partial charge on any atom is -0.433 e. The number of anilines is 1. The highest BCUT2D eigenvalue weighted by Gasteiger charge is 2.53. The summed E-state index contributed by atoms with van der Waals surface area (Å²) in [5, 5.41) is 6.10. The number of benzene rings is 1. The third kappa shape index (κ3) is 3.90. The first-order valence-corrected chi connectivity index (χ1v) is 10.0. The van der Waals surface area contributed by atoms with Gasteiger partial charge in [0.2, 0.25) is 5.91 Å². The third-order valence-corrected chi connectivity index (χ3v) is 6.92. The number of nitrogens with one attached hydrogen (secondary N) is 2. The number of para-hydroxylation sites is 2. The molecule has 4 nitrogen and oxygen atoms in total. The van der Waals surface area contributed by atoms with Crippen LogP contribution in [0.2, 0.25) is 0 Å². The molecule has 4 fully saturated rings. The van der Waals surface area contributed by atoms with E-state index in [4.69, 9.17) is 0 Å². The largest absolute Gasteiger partial charge is 0.433 e. The van der Waals surface area contributed by atoms with Gasteiger partial charge < -0.3 is 15.4 Å². The second kappa shape index (κ2) is 7.28. The zero-order chi connectivity index (χ0) is 19.0. The van der Waals surface area contributed by atoms with Crippen LogP contribution >= 0.6 is 0 Å². The van der Waals surface area contributed by atoms with Crippen LogP contribution in [0, 0.1) is 23.2 Å². The molecule has 1 aromatic rings. The van der Waals surface area contributed by atoms with Crippen LogP contribution in [0.15, 0.2) is 24.3 Å². The molecule has 4 aliphatic carbocycles. The number of ether oxygens (including phenoxy) is 1. The smallest absolute Gasteiger partial charge is 0.387 e. The zero-order valence-corrected chi connectivity index (χ0v) is 15.7. The minimum absolute atomic E-state index is 0.0420. The van der Waals surface area contributed by atoms with Gasteiger partial charge in [-0.15, -0.1) is 0 Å². The number of halogens is 2. The summed E-state index contributed by atoms with van der Waals surface area (Å²) in [6.45, 7) is -0.711. The van der Waals surface area contributed by atoms with Crippen molar-refractivity contribution >= 4 is 11.6 Å². The molecule has 0 saturated heterocycles. The Bertz CT molecular complexity index is 659. The van der Waals surface area contributed by atoms with Crippen molar-refractivity contribution in [1.82, 2.24) is 5.32 Å². The molecule has 5 rings (SSSR count). The van der Waals surface area contributed by atoms with E-state index in [1.54, 1.807) is 18.2 Å². The lowest BCUT2D eigenvalue weighted by Crippen LogP contribution is -2.56. The number of carbonyl (C=O) groups is 1. The molecule has 27 heavy (non-hydrogen) atoms. The summed E-state index contributed by atoms with van der Waals surface area (Å²) < 4.78 is 29.5. The summed E-state index contributed by atoms with van der Waals surface area (Å²) in [5.74, 6) is 2.46. The molecule has 4 bridgehead atoms. The van der Waals surface area contributed by atoms with Crippen molar-refractivity contribution in [2.24, 2.45) is 23.2 Å². The van der Waals surface area contributed by atoms with E-state index in [0.29, 0.717) is 5.69 Å². The van der Waals surface area contributed by atoms with Gasteiger partial charge in [-0.05, 0) is 80.8 Å². The van der Waals surface area contributed by atoms with E-state index in [-0.39, 0.29) is 29.7 Å². The van der Waals surface area contributed by atoms with Gasteiger partial charge in [0.15, 0.2) is 0 Å². The monoisotopic (exact) mass is 378 g/mol. The highest BCUT2D eigenvalue weighted by atomic mass is 19.3. The van der Waals surface area contributed by atoms with E-state index in [9.17, 15) is 13.6 Å². The Morgan fingerprint density at radius 3 is 2.33 bits per heavy atom. The summed E-state index contributed by atoms with van der Waals surface area (Å²) in [4.78, 5) is 12.5. The molecule has 1 aromatic carbocycles. The van der Waals surface area contributed by atoms with Crippen LogP contribution in [-0.4, -0.2) is 25.1 Å². The summed E-state index contributed by atoms with van der Waals surface area (Å²) in [7, 11) is 0. The lowest BCUT2D eigenvalue weighted by Gasteiger charge is -2.59. The van der Waals surface area contributed by atoms with Crippen LogP contribution in [0.3, 0.4) is 0 Å². The van der Waals surface area contributed by atoms with Gasteiger partial charge in [-0.2, -0.15) is 8.78 Å². The van der Waals surface area contributed by atoms with Gasteiger partial charge in [-0.25, -0.2) is 0 Å². The van der Waals surface area contributed by atoms with Gasteiger partial charge in [0.25, 0.3) is 0 Å². The van der Waals surface area contributed by atoms with Gasteiger partial charge in [0.1, 0.15) is 5.75 Å². The fourth-order valence-corrected chi connectivity index (χ4v) is 6.14. The molecule has 6 heteroatoms. The molecule has 148 valence electrons. The summed E-state index contributed by atoms with van der Waals surface area (Å²) in [5.41, 5.74) is 0.650. The first-order valence-electron chi connectivity index (χ1n) is 10.0. The Kier molecular flexibility index (Phi) is 4.99. The maximum atomic E-state index is 12.5. The van der Waals surface area contributed by atoms with Crippen molar-refractivity contribution in [1.29, 1.82) is 0 Å². The van der Waals surface area contributed by atoms with Crippen LogP contribution in [0.5, 0.6) is 5.75 Å². The first-order chi connectivity index (χ1) is 12.9. The number of hydrogen-bond donors (Lipinski definition) is 2. The zero-order valence-electron chi connectivity index (χ0n) is 15.7. The number of hydrogen-bond acceptors (Lipinski definition) is 3. The number of carbonyl (C=O) groups excluding carboxylic acids is 1. The van der Waals surface area contributed by atoms with Crippen LogP contribution in [0.4, 0.5) is 14.5 Å². The lowest BCUT2D eigenvalue weighted by molar-refractivity contribution is -0.124. The van der Waals surface area contributed by atoms with Crippen molar-refractivity contribution in [2.75, 3.05) is 11.9 Å². The van der Waals surface area contributed by atoms with E-state index >= 15 is 0 Å². The van der Waals surface area contributed by atoms with Gasteiger partial charge in [0.05, 0.1) is 12.2 Å². The summed E-state index contributed by atoms with van der Waals surface area (Å²) in [6.07, 6.45) is 7.84. The quantitative estimate of drug-likeness (QED) is 0.738. The second-order valence-electron chi connectivity index (χ2n) is 8.80. The van der Waals surface area contributed by atoms with Gasteiger partial charge in [-0.1, -0.05) is 12.1 Å². The normalized spacial score (nSPS) is 32.4. The Labute approximate surface area is 159 Å². The maximum absolute atomic E-state index is 12.5. The maximum Gasteiger partial charge on any atom is 0.387 e. The molecule has 0 aromatic heterocycles. The number of alkyl halides is 2. The van der Waals surface area contributed by atoms with Crippen molar-refractivity contribution < 1.29 is 18.3 Å². The fraction of sp³-hybridized carbons (Fsp3) is 0.667. The summed E-state index contributed by atoms with van der Waals surface area (Å²) >= 11 is 0. The second-order valence-corrected chi connectivity index (χ2v) is 8.80. The van der Waals surface area contributed by atoms with E-state index in [2.05, 4.69) is 22.3 Å². The average Bonchev–Trinajstić information content (AvgIpc) is 2.59. The molecule has 1 atom stereocenters. The lowest BCUT2D eigenvalue weighted by atomic mass is 9.48. The van der Waals surface area contributed by atoms with Crippen molar-refractivity contribution in [2.45, 2.75) is 58.1 Å². The van der Waals surface area contributed by atoms with Crippen LogP contribution in [-0.2, 0) is 4.79 Å². The molecular weight excluding hydrogens is 350 g/mol. The SMILES string of the molecule is C[C@@H](NC(=O)CNc1ccccc1OC(F)F)C12CC3CC(CC(C3)C1)C2. The van der Waals surface area contributed by atoms with Crippen molar-refractivity contribution in [3.63, 3.8) is 0 Å². The molecule has 4 aliphatic rings. The highest BCUT2D eigenvalue weighted by molar-refractivity contribution is 5.81. The topological polar surface area (TPSA) is 50.4 Å². The predicted octanol–water partition coefficient (Wildman–Crippen LogP) is 4.42. The Balaban J connectivity index is 1.34. The first kappa shape index (κ1) is 18.5. The van der Waals surface area contributed by atoms with E-state index in [0.717, 1.165) is 17.8 Å². The van der Waals surface area contributed by atoms with Crippen molar-refractivity contribution in [3.8, 4) is 5.75 Å². The molecule has 0 radical (unpaired) electrons. The number of amides is 1. The molecule has 1 amide bonds. The summed E-state index contributed by atoms with van der Waals surface area (Å²) in [6, 6.07) is 6.58. The predicted molar refractivity (Wildman–Crippen MR) is 99.8 cm³/mol. The molecule has 0 unspecified atom stereocenters. The highest BCUT2D eigenvalue weighted by Crippen LogP contribution is 2.61. The van der Waals surface area contributed by atoms with Crippen LogP contribution in [0.25, 0.3) is 0 Å². The van der Waals surface area contributed by atoms with Gasteiger partial charge in [0, 0.05) is 6.04 Å². The fourth-order valence-electron chi connectivity index (χ4n) is 6.14. The molecule has 0 aliphatic heterocycles. The molecule has 0 spiro atoms. The Morgan fingerprint density at radius 2 is 1.74 bits per heavy atom. The van der Waals surface area contributed by atoms with Crippen LogP contribution in [0.1, 0.15) is 45.4 Å². The van der Waals surface area contributed by atoms with Crippen LogP contribution < -0.4 is 15.4 Å². The van der Waals surface area contributed by atoms with E-state index in [1.807, 2.05) is 0 Å².